The summed E-state index contributed by atoms with van der Waals surface area (Å²) in [4.78, 5) is 22.0. The van der Waals surface area contributed by atoms with Crippen molar-refractivity contribution in [2.24, 2.45) is 4.99 Å². The maximum Gasteiger partial charge on any atom is 0.204 e. The first-order chi connectivity index (χ1) is 5.77. The van der Waals surface area contributed by atoms with E-state index in [2.05, 4.69) is 20.3 Å². The van der Waals surface area contributed by atoms with Crippen molar-refractivity contribution in [2.45, 2.75) is 6.92 Å². The molecule has 2 N–H and O–H groups in total. The number of H-pyrrole nitrogens is 1. The van der Waals surface area contributed by atoms with Gasteiger partial charge in [-0.05, 0) is 6.92 Å². The molecule has 5 nitrogen and oxygen atoms in total. The molecule has 1 aromatic rings. The quantitative estimate of drug-likeness (QED) is 0.653. The number of hydrogen-bond donors (Lipinski definition) is 2. The highest BCUT2D eigenvalue weighted by atomic mass is 35.5. The van der Waals surface area contributed by atoms with Gasteiger partial charge in [0.15, 0.2) is 5.82 Å². The molecule has 0 amide bonds. The predicted molar refractivity (Wildman–Crippen MR) is 51.8 cm³/mol. The number of Topliss-reactive ketones (excluding diaryl/α,β-unsaturated/α-hetero) is 1. The van der Waals surface area contributed by atoms with E-state index in [0.717, 1.165) is 0 Å². The molecule has 0 unspecified atom stereocenters. The smallest absolute Gasteiger partial charge is 0.204 e. The van der Waals surface area contributed by atoms with Crippen LogP contribution in [0.15, 0.2) is 11.3 Å². The minimum absolute atomic E-state index is 0. The summed E-state index contributed by atoms with van der Waals surface area (Å²) in [6.07, 6.45) is 1.49. The van der Waals surface area contributed by atoms with Crippen LogP contribution in [0.5, 0.6) is 0 Å². The Morgan fingerprint density at radius 2 is 2.31 bits per heavy atom. The number of hydrogen-bond acceptors (Lipinski definition) is 4. The molecule has 70 valence electrons. The number of aromatic amines is 1. The molecule has 0 saturated carbocycles. The van der Waals surface area contributed by atoms with Gasteiger partial charge in [0, 0.05) is 0 Å². The van der Waals surface area contributed by atoms with Crippen LogP contribution in [0.25, 0.3) is 0 Å². The SMILES string of the molecule is CC1=NCC(=O)c2[nH]cnc2N1.Cl. The lowest BCUT2D eigenvalue weighted by Crippen LogP contribution is -2.06. The molecular weight excluding hydrogens is 192 g/mol. The summed E-state index contributed by atoms with van der Waals surface area (Å²) in [6, 6.07) is 0. The van der Waals surface area contributed by atoms with Gasteiger partial charge in [0.2, 0.25) is 5.78 Å². The van der Waals surface area contributed by atoms with Gasteiger partial charge in [-0.1, -0.05) is 0 Å². The van der Waals surface area contributed by atoms with Crippen LogP contribution in [-0.2, 0) is 0 Å². The van der Waals surface area contributed by atoms with Gasteiger partial charge in [-0.25, -0.2) is 4.98 Å². The predicted octanol–water partition coefficient (Wildman–Crippen LogP) is 0.858. The van der Waals surface area contributed by atoms with E-state index >= 15 is 0 Å². The average Bonchev–Trinajstić information content (AvgIpc) is 2.44. The lowest BCUT2D eigenvalue weighted by molar-refractivity contribution is 0.0999. The van der Waals surface area contributed by atoms with Crippen molar-refractivity contribution in [1.29, 1.82) is 0 Å². The molecule has 6 heteroatoms. The maximum atomic E-state index is 11.3. The molecular formula is C7H9ClN4O. The number of carbonyl (C=O) groups is 1. The number of aromatic nitrogens is 2. The number of rotatable bonds is 0. The molecule has 1 aliphatic heterocycles. The number of aliphatic imine (C=N–C) groups is 1. The Kier molecular flexibility index (Phi) is 2.67. The van der Waals surface area contributed by atoms with Gasteiger partial charge in [0.1, 0.15) is 12.2 Å². The summed E-state index contributed by atoms with van der Waals surface area (Å²) in [5.74, 6) is 1.25. The number of ketones is 1. The van der Waals surface area contributed by atoms with E-state index in [0.29, 0.717) is 17.3 Å². The molecule has 0 bridgehead atoms. The third-order valence-electron chi connectivity index (χ3n) is 1.68. The van der Waals surface area contributed by atoms with E-state index in [1.54, 1.807) is 6.92 Å². The van der Waals surface area contributed by atoms with Gasteiger partial charge in [-0.2, -0.15) is 0 Å². The monoisotopic (exact) mass is 200 g/mol. The molecule has 0 aromatic carbocycles. The Morgan fingerprint density at radius 1 is 1.54 bits per heavy atom. The number of anilines is 1. The number of carbonyl (C=O) groups excluding carboxylic acids is 1. The van der Waals surface area contributed by atoms with E-state index in [9.17, 15) is 4.79 Å². The lowest BCUT2D eigenvalue weighted by Gasteiger charge is -1.97. The second-order valence-electron chi connectivity index (χ2n) is 2.58. The van der Waals surface area contributed by atoms with E-state index in [4.69, 9.17) is 0 Å². The number of amidine groups is 1. The van der Waals surface area contributed by atoms with Gasteiger partial charge < -0.3 is 10.3 Å². The number of nitrogens with one attached hydrogen (secondary N) is 2. The van der Waals surface area contributed by atoms with Gasteiger partial charge in [0.25, 0.3) is 0 Å². The Balaban J connectivity index is 0.000000845. The number of imidazole rings is 1. The van der Waals surface area contributed by atoms with Crippen LogP contribution in [0, 0.1) is 0 Å². The third-order valence-corrected chi connectivity index (χ3v) is 1.68. The van der Waals surface area contributed by atoms with Gasteiger partial charge in [-0.15, -0.1) is 12.4 Å². The van der Waals surface area contributed by atoms with Crippen molar-refractivity contribution in [3.63, 3.8) is 0 Å². The van der Waals surface area contributed by atoms with Crippen LogP contribution in [0.2, 0.25) is 0 Å². The summed E-state index contributed by atoms with van der Waals surface area (Å²) in [5.41, 5.74) is 0.510. The van der Waals surface area contributed by atoms with Crippen molar-refractivity contribution >= 4 is 29.8 Å². The van der Waals surface area contributed by atoms with Crippen molar-refractivity contribution < 1.29 is 4.79 Å². The van der Waals surface area contributed by atoms with Crippen LogP contribution < -0.4 is 5.32 Å². The molecule has 1 aromatic heterocycles. The fourth-order valence-corrected chi connectivity index (χ4v) is 1.08. The fourth-order valence-electron chi connectivity index (χ4n) is 1.08. The summed E-state index contributed by atoms with van der Waals surface area (Å²) in [7, 11) is 0. The first-order valence-electron chi connectivity index (χ1n) is 3.62. The summed E-state index contributed by atoms with van der Waals surface area (Å²) in [6.45, 7) is 1.99. The van der Waals surface area contributed by atoms with Crippen molar-refractivity contribution in [3.05, 3.63) is 12.0 Å². The van der Waals surface area contributed by atoms with Crippen molar-refractivity contribution in [2.75, 3.05) is 11.9 Å². The fraction of sp³-hybridized carbons (Fsp3) is 0.286. The summed E-state index contributed by atoms with van der Waals surface area (Å²) < 4.78 is 0. The maximum absolute atomic E-state index is 11.3. The normalized spacial score (nSPS) is 14.8. The zero-order valence-corrected chi connectivity index (χ0v) is 7.81. The molecule has 0 fully saturated rings. The Morgan fingerprint density at radius 3 is 3.08 bits per heavy atom. The molecule has 13 heavy (non-hydrogen) atoms. The third kappa shape index (κ3) is 1.70. The molecule has 1 aliphatic rings. The summed E-state index contributed by atoms with van der Waals surface area (Å²) >= 11 is 0. The highest BCUT2D eigenvalue weighted by Gasteiger charge is 2.16. The lowest BCUT2D eigenvalue weighted by atomic mass is 10.3. The molecule has 0 spiro atoms. The van der Waals surface area contributed by atoms with Crippen LogP contribution >= 0.6 is 12.4 Å². The van der Waals surface area contributed by atoms with Crippen molar-refractivity contribution in [3.8, 4) is 0 Å². The highest BCUT2D eigenvalue weighted by molar-refractivity contribution is 6.07. The van der Waals surface area contributed by atoms with Crippen LogP contribution in [0.3, 0.4) is 0 Å². The first kappa shape index (κ1) is 9.73. The van der Waals surface area contributed by atoms with Crippen molar-refractivity contribution in [1.82, 2.24) is 9.97 Å². The minimum Gasteiger partial charge on any atom is -0.340 e. The molecule has 0 atom stereocenters. The molecule has 0 saturated heterocycles. The Labute approximate surface area is 81.1 Å². The largest absolute Gasteiger partial charge is 0.340 e. The van der Waals surface area contributed by atoms with Crippen LogP contribution in [0.4, 0.5) is 5.82 Å². The number of nitrogens with zero attached hydrogens (tertiary/aromatic N) is 2. The van der Waals surface area contributed by atoms with Gasteiger partial charge >= 0.3 is 0 Å². The molecule has 0 aliphatic carbocycles. The molecule has 2 rings (SSSR count). The Hall–Kier alpha value is -1.36. The average molecular weight is 201 g/mol. The standard InChI is InChI=1S/C7H8N4O.ClH/c1-4-8-2-5(12)6-7(11-4)10-3-9-6;/h3H,2H2,1H3,(H,8,11)(H,9,10);1H. The molecule has 0 radical (unpaired) electrons. The topological polar surface area (TPSA) is 70.1 Å². The van der Waals surface area contributed by atoms with E-state index in [1.165, 1.54) is 6.33 Å². The number of halogens is 1. The summed E-state index contributed by atoms with van der Waals surface area (Å²) in [5, 5.41) is 2.92. The number of fused-ring (bicyclic) bond motifs is 1. The zero-order chi connectivity index (χ0) is 8.55. The first-order valence-corrected chi connectivity index (χ1v) is 3.62. The second-order valence-corrected chi connectivity index (χ2v) is 2.58. The molecule has 2 heterocycles. The Bertz CT molecular complexity index is 357. The van der Waals surface area contributed by atoms with Gasteiger partial charge in [0.05, 0.1) is 12.2 Å². The van der Waals surface area contributed by atoms with Gasteiger partial charge in [-0.3, -0.25) is 9.79 Å². The minimum atomic E-state index is -0.0353. The zero-order valence-electron chi connectivity index (χ0n) is 7.00. The second kappa shape index (κ2) is 3.57. The van der Waals surface area contributed by atoms with Crippen LogP contribution in [-0.4, -0.2) is 28.1 Å². The van der Waals surface area contributed by atoms with E-state index < -0.39 is 0 Å². The highest BCUT2D eigenvalue weighted by Crippen LogP contribution is 2.12. The van der Waals surface area contributed by atoms with Crippen LogP contribution in [0.1, 0.15) is 17.4 Å². The van der Waals surface area contributed by atoms with E-state index in [-0.39, 0.29) is 24.7 Å². The van der Waals surface area contributed by atoms with E-state index in [1.807, 2.05) is 0 Å².